The summed E-state index contributed by atoms with van der Waals surface area (Å²) >= 11 is 3.39. The van der Waals surface area contributed by atoms with Crippen molar-refractivity contribution in [2.75, 3.05) is 10.6 Å². The number of carbonyl (C=O) groups excluding carboxylic acids is 1. The summed E-state index contributed by atoms with van der Waals surface area (Å²) in [5, 5.41) is 0. The van der Waals surface area contributed by atoms with E-state index in [1.54, 1.807) is 17.3 Å². The molecule has 1 aliphatic rings. The molecule has 4 nitrogen and oxygen atoms in total. The van der Waals surface area contributed by atoms with Crippen LogP contribution in [0.1, 0.15) is 11.1 Å². The molecule has 0 fully saturated rings. The molecule has 3 rings (SSSR count). The summed E-state index contributed by atoms with van der Waals surface area (Å²) in [6, 6.07) is 7.60. The molecule has 0 unspecified atom stereocenters. The van der Waals surface area contributed by atoms with Gasteiger partial charge < -0.3 is 10.6 Å². The van der Waals surface area contributed by atoms with Crippen molar-refractivity contribution in [3.8, 4) is 0 Å². The number of nitrogen functional groups attached to an aromatic ring is 1. The third kappa shape index (κ3) is 2.21. The normalized spacial score (nSPS) is 13.7. The SMILES string of the molecule is Nc1cc2c(cc1Br)CC(=O)N2Cc1cccnc1. The Labute approximate surface area is 119 Å². The Hall–Kier alpha value is -1.88. The summed E-state index contributed by atoms with van der Waals surface area (Å²) in [7, 11) is 0. The standard InChI is InChI=1S/C14H12BrN3O/c15-11-4-10-5-14(19)18(13(10)6-12(11)16)8-9-2-1-3-17-7-9/h1-4,6-7H,5,8,16H2. The molecule has 0 atom stereocenters. The molecule has 2 N–H and O–H groups in total. The molecule has 2 heterocycles. The highest BCUT2D eigenvalue weighted by Gasteiger charge is 2.28. The third-order valence-corrected chi connectivity index (χ3v) is 3.88. The Morgan fingerprint density at radius 2 is 2.26 bits per heavy atom. The molecule has 0 radical (unpaired) electrons. The van der Waals surface area contributed by atoms with Crippen molar-refractivity contribution in [1.82, 2.24) is 4.98 Å². The zero-order valence-electron chi connectivity index (χ0n) is 10.1. The summed E-state index contributed by atoms with van der Waals surface area (Å²) in [6.07, 6.45) is 3.92. The number of hydrogen-bond acceptors (Lipinski definition) is 3. The topological polar surface area (TPSA) is 59.2 Å². The number of nitrogens with two attached hydrogens (primary N) is 1. The second-order valence-corrected chi connectivity index (χ2v) is 5.37. The predicted molar refractivity (Wildman–Crippen MR) is 77.7 cm³/mol. The van der Waals surface area contributed by atoms with Crippen molar-refractivity contribution in [1.29, 1.82) is 0 Å². The first-order valence-electron chi connectivity index (χ1n) is 5.92. The summed E-state index contributed by atoms with van der Waals surface area (Å²) in [6.45, 7) is 0.529. The highest BCUT2D eigenvalue weighted by Crippen LogP contribution is 2.35. The van der Waals surface area contributed by atoms with Gasteiger partial charge in [0.05, 0.1) is 13.0 Å². The Bertz CT molecular complexity index is 643. The van der Waals surface area contributed by atoms with Gasteiger partial charge in [-0.2, -0.15) is 0 Å². The first-order chi connectivity index (χ1) is 9.15. The maximum atomic E-state index is 12.1. The molecule has 1 aromatic heterocycles. The predicted octanol–water partition coefficient (Wildman–Crippen LogP) is 2.52. The number of aromatic nitrogens is 1. The lowest BCUT2D eigenvalue weighted by molar-refractivity contribution is -0.117. The van der Waals surface area contributed by atoms with Crippen molar-refractivity contribution >= 4 is 33.2 Å². The van der Waals surface area contributed by atoms with Crippen LogP contribution in [-0.2, 0) is 17.8 Å². The lowest BCUT2D eigenvalue weighted by atomic mass is 10.1. The number of hydrogen-bond donors (Lipinski definition) is 1. The van der Waals surface area contributed by atoms with Crippen LogP contribution in [0.15, 0.2) is 41.1 Å². The molecular weight excluding hydrogens is 306 g/mol. The quantitative estimate of drug-likeness (QED) is 0.866. The summed E-state index contributed by atoms with van der Waals surface area (Å²) in [5.74, 6) is 0.0938. The fourth-order valence-corrected chi connectivity index (χ4v) is 2.64. The van der Waals surface area contributed by atoms with E-state index in [4.69, 9.17) is 5.73 Å². The van der Waals surface area contributed by atoms with Crippen molar-refractivity contribution < 1.29 is 4.79 Å². The van der Waals surface area contributed by atoms with Crippen LogP contribution in [0, 0.1) is 0 Å². The van der Waals surface area contributed by atoms with Gasteiger partial charge in [-0.05, 0) is 45.3 Å². The first kappa shape index (κ1) is 12.2. The van der Waals surface area contributed by atoms with Crippen molar-refractivity contribution in [3.63, 3.8) is 0 Å². The molecule has 19 heavy (non-hydrogen) atoms. The van der Waals surface area contributed by atoms with Crippen LogP contribution >= 0.6 is 15.9 Å². The van der Waals surface area contributed by atoms with Gasteiger partial charge in [-0.25, -0.2) is 0 Å². The minimum Gasteiger partial charge on any atom is -0.398 e. The first-order valence-corrected chi connectivity index (χ1v) is 6.71. The molecule has 0 saturated heterocycles. The van der Waals surface area contributed by atoms with E-state index in [1.165, 1.54) is 0 Å². The minimum absolute atomic E-state index is 0.0938. The van der Waals surface area contributed by atoms with Crippen molar-refractivity contribution in [2.45, 2.75) is 13.0 Å². The average Bonchev–Trinajstić information content (AvgIpc) is 2.68. The number of fused-ring (bicyclic) bond motifs is 1. The number of amides is 1. The van der Waals surface area contributed by atoms with Gasteiger partial charge in [0.1, 0.15) is 0 Å². The van der Waals surface area contributed by atoms with E-state index in [2.05, 4.69) is 20.9 Å². The molecule has 0 bridgehead atoms. The fourth-order valence-electron chi connectivity index (χ4n) is 2.25. The van der Waals surface area contributed by atoms with Crippen LogP contribution in [0.25, 0.3) is 0 Å². The Morgan fingerprint density at radius 1 is 1.42 bits per heavy atom. The Balaban J connectivity index is 1.96. The lowest BCUT2D eigenvalue weighted by Crippen LogP contribution is -2.26. The van der Waals surface area contributed by atoms with E-state index in [9.17, 15) is 4.79 Å². The van der Waals surface area contributed by atoms with E-state index in [0.29, 0.717) is 18.7 Å². The van der Waals surface area contributed by atoms with Crippen LogP contribution in [0.2, 0.25) is 0 Å². The van der Waals surface area contributed by atoms with Crippen LogP contribution in [0.3, 0.4) is 0 Å². The molecule has 0 aliphatic carbocycles. The van der Waals surface area contributed by atoms with Gasteiger partial charge >= 0.3 is 0 Å². The minimum atomic E-state index is 0.0938. The number of nitrogens with zero attached hydrogens (tertiary/aromatic N) is 2. The highest BCUT2D eigenvalue weighted by atomic mass is 79.9. The third-order valence-electron chi connectivity index (χ3n) is 3.19. The maximum Gasteiger partial charge on any atom is 0.231 e. The molecule has 1 aliphatic heterocycles. The van der Waals surface area contributed by atoms with E-state index < -0.39 is 0 Å². The zero-order valence-corrected chi connectivity index (χ0v) is 11.7. The van der Waals surface area contributed by atoms with E-state index in [1.807, 2.05) is 24.3 Å². The Morgan fingerprint density at radius 3 is 3.00 bits per heavy atom. The number of pyridine rings is 1. The smallest absolute Gasteiger partial charge is 0.231 e. The molecule has 5 heteroatoms. The summed E-state index contributed by atoms with van der Waals surface area (Å²) in [4.78, 5) is 17.9. The molecule has 0 saturated carbocycles. The van der Waals surface area contributed by atoms with Crippen LogP contribution in [0.4, 0.5) is 11.4 Å². The summed E-state index contributed by atoms with van der Waals surface area (Å²) < 4.78 is 0.835. The molecule has 96 valence electrons. The van der Waals surface area contributed by atoms with Crippen molar-refractivity contribution in [3.05, 3.63) is 52.3 Å². The van der Waals surface area contributed by atoms with Gasteiger partial charge in [-0.1, -0.05) is 6.07 Å². The molecule has 1 aromatic carbocycles. The molecule has 2 aromatic rings. The van der Waals surface area contributed by atoms with E-state index >= 15 is 0 Å². The average molecular weight is 318 g/mol. The molecule has 0 spiro atoms. The van der Waals surface area contributed by atoms with Crippen LogP contribution < -0.4 is 10.6 Å². The van der Waals surface area contributed by atoms with Gasteiger partial charge in [-0.15, -0.1) is 0 Å². The number of carbonyl (C=O) groups is 1. The second kappa shape index (κ2) is 4.66. The van der Waals surface area contributed by atoms with Gasteiger partial charge in [0.25, 0.3) is 0 Å². The van der Waals surface area contributed by atoms with Gasteiger partial charge in [0.2, 0.25) is 5.91 Å². The van der Waals surface area contributed by atoms with Crippen molar-refractivity contribution in [2.24, 2.45) is 0 Å². The maximum absolute atomic E-state index is 12.1. The molecular formula is C14H12BrN3O. The van der Waals surface area contributed by atoms with Gasteiger partial charge in [0.15, 0.2) is 0 Å². The zero-order chi connectivity index (χ0) is 13.4. The number of rotatable bonds is 2. The highest BCUT2D eigenvalue weighted by molar-refractivity contribution is 9.10. The van der Waals surface area contributed by atoms with E-state index in [0.717, 1.165) is 21.3 Å². The number of anilines is 2. The monoisotopic (exact) mass is 317 g/mol. The number of halogens is 1. The van der Waals surface area contributed by atoms with Crippen LogP contribution in [-0.4, -0.2) is 10.9 Å². The van der Waals surface area contributed by atoms with Crippen LogP contribution in [0.5, 0.6) is 0 Å². The molecule has 1 amide bonds. The second-order valence-electron chi connectivity index (χ2n) is 4.52. The number of benzene rings is 1. The van der Waals surface area contributed by atoms with Gasteiger partial charge in [0, 0.05) is 28.2 Å². The Kier molecular flexibility index (Phi) is 2.98. The van der Waals surface area contributed by atoms with Gasteiger partial charge in [-0.3, -0.25) is 9.78 Å². The lowest BCUT2D eigenvalue weighted by Gasteiger charge is -2.18. The largest absolute Gasteiger partial charge is 0.398 e. The fraction of sp³-hybridized carbons (Fsp3) is 0.143. The summed E-state index contributed by atoms with van der Waals surface area (Å²) in [5.41, 5.74) is 9.45. The van der Waals surface area contributed by atoms with E-state index in [-0.39, 0.29) is 5.91 Å².